The van der Waals surface area contributed by atoms with Crippen LogP contribution in [0.2, 0.25) is 0 Å². The second-order valence-electron chi connectivity index (χ2n) is 3.42. The Morgan fingerprint density at radius 1 is 1.75 bits per heavy atom. The van der Waals surface area contributed by atoms with Crippen LogP contribution in [0, 0.1) is 5.92 Å². The SMILES string of the molecule is CCC1CC1n1cncc1CO. The van der Waals surface area contributed by atoms with Crippen LogP contribution in [-0.2, 0) is 6.61 Å². The summed E-state index contributed by atoms with van der Waals surface area (Å²) in [7, 11) is 0. The molecule has 0 aromatic carbocycles. The Morgan fingerprint density at radius 3 is 3.17 bits per heavy atom. The average Bonchev–Trinajstić information content (AvgIpc) is 2.74. The number of imidazole rings is 1. The molecule has 0 spiro atoms. The predicted molar refractivity (Wildman–Crippen MR) is 45.6 cm³/mol. The first-order valence-corrected chi connectivity index (χ1v) is 4.48. The van der Waals surface area contributed by atoms with E-state index in [1.807, 2.05) is 6.33 Å². The summed E-state index contributed by atoms with van der Waals surface area (Å²) in [6, 6.07) is 0.611. The average molecular weight is 166 g/mol. The molecular formula is C9H14N2O. The van der Waals surface area contributed by atoms with Gasteiger partial charge in [0.05, 0.1) is 24.8 Å². The van der Waals surface area contributed by atoms with Crippen molar-refractivity contribution in [3.8, 4) is 0 Å². The van der Waals surface area contributed by atoms with Crippen LogP contribution in [0.1, 0.15) is 31.5 Å². The summed E-state index contributed by atoms with van der Waals surface area (Å²) in [4.78, 5) is 4.03. The van der Waals surface area contributed by atoms with Gasteiger partial charge in [0, 0.05) is 6.04 Å². The van der Waals surface area contributed by atoms with Gasteiger partial charge in [0.25, 0.3) is 0 Å². The first-order chi connectivity index (χ1) is 5.86. The summed E-state index contributed by atoms with van der Waals surface area (Å²) in [5.41, 5.74) is 0.941. The van der Waals surface area contributed by atoms with Crippen LogP contribution in [0.4, 0.5) is 0 Å². The number of rotatable bonds is 3. The molecule has 3 heteroatoms. The fourth-order valence-corrected chi connectivity index (χ4v) is 1.76. The summed E-state index contributed by atoms with van der Waals surface area (Å²) >= 11 is 0. The lowest BCUT2D eigenvalue weighted by Crippen LogP contribution is -2.00. The molecular weight excluding hydrogens is 152 g/mol. The summed E-state index contributed by atoms with van der Waals surface area (Å²) in [6.07, 6.45) is 6.05. The van der Waals surface area contributed by atoms with E-state index in [0.717, 1.165) is 11.6 Å². The van der Waals surface area contributed by atoms with Crippen molar-refractivity contribution in [2.75, 3.05) is 0 Å². The molecule has 2 atom stereocenters. The highest BCUT2D eigenvalue weighted by Gasteiger charge is 2.37. The van der Waals surface area contributed by atoms with Crippen molar-refractivity contribution >= 4 is 0 Å². The molecule has 0 radical (unpaired) electrons. The van der Waals surface area contributed by atoms with Crippen molar-refractivity contribution in [1.82, 2.24) is 9.55 Å². The fourth-order valence-electron chi connectivity index (χ4n) is 1.76. The lowest BCUT2D eigenvalue weighted by Gasteiger charge is -2.03. The highest BCUT2D eigenvalue weighted by Crippen LogP contribution is 2.45. The van der Waals surface area contributed by atoms with E-state index in [-0.39, 0.29) is 6.61 Å². The van der Waals surface area contributed by atoms with Gasteiger partial charge >= 0.3 is 0 Å². The van der Waals surface area contributed by atoms with Gasteiger partial charge in [-0.1, -0.05) is 13.3 Å². The highest BCUT2D eigenvalue weighted by atomic mass is 16.3. The Balaban J connectivity index is 2.13. The molecule has 2 rings (SSSR count). The van der Waals surface area contributed by atoms with Gasteiger partial charge < -0.3 is 9.67 Å². The highest BCUT2D eigenvalue weighted by molar-refractivity contribution is 5.04. The standard InChI is InChI=1S/C9H14N2O/c1-2-7-3-9(7)11-6-10-4-8(11)5-12/h4,6-7,9,12H,2-3,5H2,1H3. The molecule has 0 amide bonds. The molecule has 1 N–H and O–H groups in total. The number of aliphatic hydroxyl groups is 1. The maximum atomic E-state index is 8.98. The maximum Gasteiger partial charge on any atom is 0.0951 e. The zero-order valence-corrected chi connectivity index (χ0v) is 7.27. The van der Waals surface area contributed by atoms with Crippen molar-refractivity contribution in [3.63, 3.8) is 0 Å². The Bertz CT molecular complexity index is 269. The minimum atomic E-state index is 0.104. The molecule has 1 saturated carbocycles. The largest absolute Gasteiger partial charge is 0.390 e. The van der Waals surface area contributed by atoms with E-state index in [1.165, 1.54) is 12.8 Å². The third-order valence-electron chi connectivity index (χ3n) is 2.68. The second kappa shape index (κ2) is 2.90. The zero-order valence-electron chi connectivity index (χ0n) is 7.27. The first kappa shape index (κ1) is 7.80. The smallest absolute Gasteiger partial charge is 0.0951 e. The molecule has 1 heterocycles. The van der Waals surface area contributed by atoms with Crippen molar-refractivity contribution in [2.45, 2.75) is 32.4 Å². The molecule has 66 valence electrons. The van der Waals surface area contributed by atoms with Gasteiger partial charge in [-0.2, -0.15) is 0 Å². The maximum absolute atomic E-state index is 8.98. The van der Waals surface area contributed by atoms with Crippen LogP contribution in [-0.4, -0.2) is 14.7 Å². The third kappa shape index (κ3) is 1.14. The quantitative estimate of drug-likeness (QED) is 0.736. The van der Waals surface area contributed by atoms with Crippen LogP contribution in [0.3, 0.4) is 0 Å². The number of hydrogen-bond donors (Lipinski definition) is 1. The summed E-state index contributed by atoms with van der Waals surface area (Å²) in [5.74, 6) is 0.810. The second-order valence-corrected chi connectivity index (χ2v) is 3.42. The van der Waals surface area contributed by atoms with Gasteiger partial charge in [-0.05, 0) is 12.3 Å². The van der Waals surface area contributed by atoms with Crippen LogP contribution in [0.25, 0.3) is 0 Å². The van der Waals surface area contributed by atoms with Gasteiger partial charge in [0.2, 0.25) is 0 Å². The number of aromatic nitrogens is 2. The molecule has 1 fully saturated rings. The number of nitrogens with zero attached hydrogens (tertiary/aromatic N) is 2. The normalized spacial score (nSPS) is 27.5. The minimum Gasteiger partial charge on any atom is -0.390 e. The van der Waals surface area contributed by atoms with E-state index in [2.05, 4.69) is 16.5 Å². The monoisotopic (exact) mass is 166 g/mol. The minimum absolute atomic E-state index is 0.104. The fraction of sp³-hybridized carbons (Fsp3) is 0.667. The van der Waals surface area contributed by atoms with Gasteiger partial charge in [-0.3, -0.25) is 0 Å². The van der Waals surface area contributed by atoms with E-state index in [1.54, 1.807) is 6.20 Å². The Morgan fingerprint density at radius 2 is 2.58 bits per heavy atom. The molecule has 1 aromatic rings. The lowest BCUT2D eigenvalue weighted by molar-refractivity contribution is 0.270. The van der Waals surface area contributed by atoms with Crippen LogP contribution >= 0.6 is 0 Å². The van der Waals surface area contributed by atoms with Crippen molar-refractivity contribution in [3.05, 3.63) is 18.2 Å². The Hall–Kier alpha value is -0.830. The predicted octanol–water partition coefficient (Wildman–Crippen LogP) is 1.35. The van der Waals surface area contributed by atoms with E-state index >= 15 is 0 Å². The van der Waals surface area contributed by atoms with Crippen molar-refractivity contribution in [1.29, 1.82) is 0 Å². The van der Waals surface area contributed by atoms with E-state index in [9.17, 15) is 0 Å². The molecule has 1 aliphatic rings. The van der Waals surface area contributed by atoms with Crippen LogP contribution in [0.15, 0.2) is 12.5 Å². The topological polar surface area (TPSA) is 38.0 Å². The van der Waals surface area contributed by atoms with E-state index in [0.29, 0.717) is 6.04 Å². The molecule has 1 aromatic heterocycles. The van der Waals surface area contributed by atoms with Crippen molar-refractivity contribution in [2.24, 2.45) is 5.92 Å². The van der Waals surface area contributed by atoms with E-state index in [4.69, 9.17) is 5.11 Å². The molecule has 0 aliphatic heterocycles. The molecule has 3 nitrogen and oxygen atoms in total. The molecule has 0 saturated heterocycles. The van der Waals surface area contributed by atoms with E-state index < -0.39 is 0 Å². The summed E-state index contributed by atoms with van der Waals surface area (Å²) in [5, 5.41) is 8.98. The van der Waals surface area contributed by atoms with Crippen molar-refractivity contribution < 1.29 is 5.11 Å². The molecule has 2 unspecified atom stereocenters. The Labute approximate surface area is 72.0 Å². The third-order valence-corrected chi connectivity index (χ3v) is 2.68. The molecule has 1 aliphatic carbocycles. The first-order valence-electron chi connectivity index (χ1n) is 4.48. The molecule has 12 heavy (non-hydrogen) atoms. The van der Waals surface area contributed by atoms with Gasteiger partial charge in [0.1, 0.15) is 0 Å². The summed E-state index contributed by atoms with van der Waals surface area (Å²) in [6.45, 7) is 2.31. The zero-order chi connectivity index (χ0) is 8.55. The molecule has 0 bridgehead atoms. The van der Waals surface area contributed by atoms with Gasteiger partial charge in [-0.15, -0.1) is 0 Å². The number of hydrogen-bond acceptors (Lipinski definition) is 2. The van der Waals surface area contributed by atoms with Gasteiger partial charge in [0.15, 0.2) is 0 Å². The lowest BCUT2D eigenvalue weighted by atomic mass is 10.3. The van der Waals surface area contributed by atoms with Crippen LogP contribution < -0.4 is 0 Å². The number of aliphatic hydroxyl groups excluding tert-OH is 1. The van der Waals surface area contributed by atoms with Gasteiger partial charge in [-0.25, -0.2) is 4.98 Å². The van der Waals surface area contributed by atoms with Crippen LogP contribution in [0.5, 0.6) is 0 Å². The summed E-state index contributed by atoms with van der Waals surface area (Å²) < 4.78 is 2.11. The Kier molecular flexibility index (Phi) is 1.89.